The Bertz CT molecular complexity index is 411. The molecule has 2 heterocycles. The molecule has 1 aliphatic heterocycles. The van der Waals surface area contributed by atoms with Crippen molar-refractivity contribution in [2.24, 2.45) is 0 Å². The van der Waals surface area contributed by atoms with Gasteiger partial charge < -0.3 is 9.80 Å². The van der Waals surface area contributed by atoms with E-state index in [2.05, 4.69) is 39.8 Å². The van der Waals surface area contributed by atoms with Crippen LogP contribution in [0.1, 0.15) is 51.3 Å². The summed E-state index contributed by atoms with van der Waals surface area (Å²) in [6.07, 6.45) is 7.69. The Morgan fingerprint density at radius 2 is 1.85 bits per heavy atom. The highest BCUT2D eigenvalue weighted by molar-refractivity contribution is 5.50. The minimum atomic E-state index is 0.880. The highest BCUT2D eigenvalue weighted by Gasteiger charge is 2.14. The van der Waals surface area contributed by atoms with Crippen LogP contribution in [0.2, 0.25) is 0 Å². The molecule has 4 heteroatoms. The molecule has 0 atom stereocenters. The van der Waals surface area contributed by atoms with Crippen LogP contribution in [0.5, 0.6) is 0 Å². The van der Waals surface area contributed by atoms with Gasteiger partial charge in [-0.25, -0.2) is 9.97 Å². The van der Waals surface area contributed by atoms with E-state index in [1.165, 1.54) is 38.5 Å². The molecule has 2 rings (SSSR count). The summed E-state index contributed by atoms with van der Waals surface area (Å²) in [6, 6.07) is 2.16. The summed E-state index contributed by atoms with van der Waals surface area (Å²) >= 11 is 0. The number of anilines is 2. The van der Waals surface area contributed by atoms with Crippen molar-refractivity contribution in [3.05, 3.63) is 11.9 Å². The first-order valence-electron chi connectivity index (χ1n) is 8.02. The average Bonchev–Trinajstić information content (AvgIpc) is 2.73. The lowest BCUT2D eigenvalue weighted by Crippen LogP contribution is -2.26. The summed E-state index contributed by atoms with van der Waals surface area (Å²) in [6.45, 7) is 7.55. The summed E-state index contributed by atoms with van der Waals surface area (Å²) in [4.78, 5) is 13.9. The van der Waals surface area contributed by atoms with Crippen LogP contribution in [-0.4, -0.2) is 36.6 Å². The molecule has 112 valence electrons. The minimum Gasteiger partial charge on any atom is -0.360 e. The van der Waals surface area contributed by atoms with Crippen molar-refractivity contribution in [2.45, 2.75) is 52.4 Å². The van der Waals surface area contributed by atoms with Gasteiger partial charge in [-0.05, 0) is 26.2 Å². The molecular weight excluding hydrogens is 248 g/mol. The highest BCUT2D eigenvalue weighted by atomic mass is 15.2. The van der Waals surface area contributed by atoms with Crippen LogP contribution in [0.3, 0.4) is 0 Å². The van der Waals surface area contributed by atoms with Gasteiger partial charge in [-0.2, -0.15) is 0 Å². The van der Waals surface area contributed by atoms with Crippen LogP contribution in [-0.2, 0) is 0 Å². The van der Waals surface area contributed by atoms with Gasteiger partial charge in [-0.3, -0.25) is 0 Å². The van der Waals surface area contributed by atoms with Crippen molar-refractivity contribution in [3.8, 4) is 0 Å². The van der Waals surface area contributed by atoms with Crippen LogP contribution in [0, 0.1) is 6.92 Å². The predicted octanol–water partition coefficient (Wildman–Crippen LogP) is 3.40. The van der Waals surface area contributed by atoms with E-state index in [1.54, 1.807) is 0 Å². The number of rotatable bonds is 5. The normalized spacial score (nSPS) is 16.1. The van der Waals surface area contributed by atoms with E-state index in [-0.39, 0.29) is 0 Å². The molecule has 0 spiro atoms. The van der Waals surface area contributed by atoms with Crippen LogP contribution in [0.15, 0.2) is 6.07 Å². The first-order valence-corrected chi connectivity index (χ1v) is 8.02. The lowest BCUT2D eigenvalue weighted by atomic mass is 10.2. The maximum atomic E-state index is 4.65. The fourth-order valence-electron chi connectivity index (χ4n) is 2.70. The second kappa shape index (κ2) is 7.46. The quantitative estimate of drug-likeness (QED) is 0.825. The molecule has 0 unspecified atom stereocenters. The van der Waals surface area contributed by atoms with E-state index >= 15 is 0 Å². The number of aryl methyl sites for hydroxylation is 1. The van der Waals surface area contributed by atoms with Crippen molar-refractivity contribution < 1.29 is 0 Å². The molecule has 0 bridgehead atoms. The molecule has 1 aromatic heterocycles. The third-order valence-corrected chi connectivity index (χ3v) is 3.98. The smallest absolute Gasteiger partial charge is 0.134 e. The van der Waals surface area contributed by atoms with Gasteiger partial charge in [-0.1, -0.05) is 26.2 Å². The summed E-state index contributed by atoms with van der Waals surface area (Å²) in [5, 5.41) is 0. The van der Waals surface area contributed by atoms with E-state index < -0.39 is 0 Å². The average molecular weight is 276 g/mol. The lowest BCUT2D eigenvalue weighted by molar-refractivity contribution is 0.726. The summed E-state index contributed by atoms with van der Waals surface area (Å²) in [5.41, 5.74) is 0. The lowest BCUT2D eigenvalue weighted by Gasteiger charge is -2.24. The first kappa shape index (κ1) is 15.1. The maximum absolute atomic E-state index is 4.65. The van der Waals surface area contributed by atoms with E-state index in [0.29, 0.717) is 0 Å². The molecule has 0 N–H and O–H groups in total. The Morgan fingerprint density at radius 3 is 2.50 bits per heavy atom. The van der Waals surface area contributed by atoms with Gasteiger partial charge in [0.05, 0.1) is 0 Å². The van der Waals surface area contributed by atoms with E-state index in [1.807, 2.05) is 6.92 Å². The number of hydrogen-bond acceptors (Lipinski definition) is 4. The zero-order valence-corrected chi connectivity index (χ0v) is 13.2. The maximum Gasteiger partial charge on any atom is 0.134 e. The molecule has 0 amide bonds. The Labute approximate surface area is 123 Å². The second-order valence-electron chi connectivity index (χ2n) is 5.81. The fraction of sp³-hybridized carbons (Fsp3) is 0.750. The molecule has 4 nitrogen and oxygen atoms in total. The minimum absolute atomic E-state index is 0.880. The number of aromatic nitrogens is 2. The summed E-state index contributed by atoms with van der Waals surface area (Å²) in [5.74, 6) is 3.05. The van der Waals surface area contributed by atoms with Crippen molar-refractivity contribution in [1.82, 2.24) is 9.97 Å². The van der Waals surface area contributed by atoms with E-state index in [4.69, 9.17) is 0 Å². The third-order valence-electron chi connectivity index (χ3n) is 3.98. The highest BCUT2D eigenvalue weighted by Crippen LogP contribution is 2.21. The molecule has 1 aromatic rings. The molecule has 0 aliphatic carbocycles. The predicted molar refractivity (Wildman–Crippen MR) is 85.6 cm³/mol. The summed E-state index contributed by atoms with van der Waals surface area (Å²) in [7, 11) is 2.13. The Balaban J connectivity index is 2.14. The van der Waals surface area contributed by atoms with Gasteiger partial charge in [0.2, 0.25) is 0 Å². The fourth-order valence-corrected chi connectivity index (χ4v) is 2.70. The summed E-state index contributed by atoms with van der Waals surface area (Å²) < 4.78 is 0. The van der Waals surface area contributed by atoms with Crippen LogP contribution in [0.25, 0.3) is 0 Å². The van der Waals surface area contributed by atoms with Crippen LogP contribution in [0.4, 0.5) is 11.6 Å². The van der Waals surface area contributed by atoms with E-state index in [0.717, 1.165) is 37.1 Å². The van der Waals surface area contributed by atoms with E-state index in [9.17, 15) is 0 Å². The van der Waals surface area contributed by atoms with Crippen LogP contribution >= 0.6 is 0 Å². The van der Waals surface area contributed by atoms with Crippen molar-refractivity contribution in [3.63, 3.8) is 0 Å². The molecule has 1 aliphatic rings. The monoisotopic (exact) mass is 276 g/mol. The first-order chi connectivity index (χ1) is 9.70. The number of nitrogens with zero attached hydrogens (tertiary/aromatic N) is 4. The van der Waals surface area contributed by atoms with Gasteiger partial charge in [0.25, 0.3) is 0 Å². The molecule has 1 saturated heterocycles. The van der Waals surface area contributed by atoms with Crippen molar-refractivity contribution in [2.75, 3.05) is 36.5 Å². The van der Waals surface area contributed by atoms with Gasteiger partial charge in [0.15, 0.2) is 0 Å². The van der Waals surface area contributed by atoms with Gasteiger partial charge >= 0.3 is 0 Å². The van der Waals surface area contributed by atoms with Crippen molar-refractivity contribution >= 4 is 11.6 Å². The van der Waals surface area contributed by atoms with Crippen LogP contribution < -0.4 is 9.80 Å². The zero-order chi connectivity index (χ0) is 14.4. The van der Waals surface area contributed by atoms with Gasteiger partial charge in [0.1, 0.15) is 17.5 Å². The number of unbranched alkanes of at least 4 members (excludes halogenated alkanes) is 1. The Hall–Kier alpha value is -1.32. The Morgan fingerprint density at radius 1 is 1.15 bits per heavy atom. The zero-order valence-electron chi connectivity index (χ0n) is 13.2. The molecule has 0 radical (unpaired) electrons. The molecule has 0 aromatic carbocycles. The standard InChI is InChI=1S/C16H28N4/c1-4-5-10-19(3)15-13-16(18-14(2)17-15)20-11-8-6-7-9-12-20/h13H,4-12H2,1-3H3. The van der Waals surface area contributed by atoms with Gasteiger partial charge in [0, 0.05) is 32.7 Å². The SMILES string of the molecule is CCCCN(C)c1cc(N2CCCCCC2)nc(C)n1. The molecular formula is C16H28N4. The third kappa shape index (κ3) is 4.09. The topological polar surface area (TPSA) is 32.3 Å². The largest absolute Gasteiger partial charge is 0.360 e. The van der Waals surface area contributed by atoms with Crippen molar-refractivity contribution in [1.29, 1.82) is 0 Å². The second-order valence-corrected chi connectivity index (χ2v) is 5.81. The molecule has 0 saturated carbocycles. The van der Waals surface area contributed by atoms with Gasteiger partial charge in [-0.15, -0.1) is 0 Å². The Kier molecular flexibility index (Phi) is 5.62. The molecule has 20 heavy (non-hydrogen) atoms. The molecule has 1 fully saturated rings. The number of hydrogen-bond donors (Lipinski definition) is 0.